The summed E-state index contributed by atoms with van der Waals surface area (Å²) < 4.78 is 42.3. The smallest absolute Gasteiger partial charge is 0.324 e. The largest absolute Gasteiger partial charge is 0.490 e. The van der Waals surface area contributed by atoms with Crippen molar-refractivity contribution in [2.45, 2.75) is 57.9 Å². The Morgan fingerprint density at radius 2 is 2.03 bits per heavy atom. The summed E-state index contributed by atoms with van der Waals surface area (Å²) in [6, 6.07) is 4.14. The highest BCUT2D eigenvalue weighted by atomic mass is 32.2. The number of ether oxygens (including phenoxy) is 1. The predicted octanol–water partition coefficient (Wildman–Crippen LogP) is 2.56. The van der Waals surface area contributed by atoms with E-state index in [1.165, 1.54) is 11.0 Å². The number of carbonyl (C=O) groups excluding carboxylic acids is 2. The zero-order chi connectivity index (χ0) is 23.3. The van der Waals surface area contributed by atoms with Crippen molar-refractivity contribution in [1.82, 2.24) is 10.2 Å². The molecule has 3 N–H and O–H groups in total. The maximum Gasteiger partial charge on any atom is 0.324 e. The molecule has 0 spiro atoms. The van der Waals surface area contributed by atoms with E-state index in [0.717, 1.165) is 24.8 Å². The highest BCUT2D eigenvalue weighted by molar-refractivity contribution is 7.89. The quantitative estimate of drug-likeness (QED) is 0.340. The van der Waals surface area contributed by atoms with Crippen LogP contribution in [-0.2, 0) is 21.2 Å². The van der Waals surface area contributed by atoms with Gasteiger partial charge in [-0.15, -0.1) is 0 Å². The van der Waals surface area contributed by atoms with Crippen LogP contribution in [0, 0.1) is 17.7 Å². The number of hydrogen-bond donors (Lipinski definition) is 2. The van der Waals surface area contributed by atoms with Gasteiger partial charge in [0.1, 0.15) is 6.54 Å². The zero-order valence-corrected chi connectivity index (χ0v) is 19.2. The number of imide groups is 1. The van der Waals surface area contributed by atoms with E-state index in [1.807, 2.05) is 6.92 Å². The summed E-state index contributed by atoms with van der Waals surface area (Å²) in [5, 5.41) is 7.40. The number of urea groups is 1. The zero-order valence-electron chi connectivity index (χ0n) is 18.4. The molecule has 0 radical (unpaired) electrons. The van der Waals surface area contributed by atoms with Gasteiger partial charge in [0, 0.05) is 6.04 Å². The maximum atomic E-state index is 14.2. The van der Waals surface area contributed by atoms with E-state index >= 15 is 0 Å². The number of nitrogens with one attached hydrogen (secondary N) is 1. The molecule has 1 saturated carbocycles. The Hall–Kier alpha value is -2.20. The fourth-order valence-electron chi connectivity index (χ4n) is 4.16. The molecule has 0 aromatic heterocycles. The number of nitrogens with zero attached hydrogens (tertiary/aromatic N) is 1. The Kier molecular flexibility index (Phi) is 8.10. The molecule has 2 atom stereocenters. The van der Waals surface area contributed by atoms with E-state index < -0.39 is 21.9 Å². The summed E-state index contributed by atoms with van der Waals surface area (Å²) in [5.74, 6) is -0.120. The average molecular weight is 470 g/mol. The first-order chi connectivity index (χ1) is 15.2. The number of unbranched alkanes of at least 4 members (excludes halogenated alkanes) is 1. The predicted molar refractivity (Wildman–Crippen MR) is 118 cm³/mol. The molecule has 2 aliphatic rings. The summed E-state index contributed by atoms with van der Waals surface area (Å²) in [7, 11) is -3.55. The van der Waals surface area contributed by atoms with Gasteiger partial charge in [-0.1, -0.05) is 25.8 Å². The Morgan fingerprint density at radius 3 is 2.62 bits per heavy atom. The molecule has 178 valence electrons. The Bertz CT molecular complexity index is 935. The molecule has 3 amide bonds. The number of nitrogens with two attached hydrogens (primary N) is 1. The fraction of sp³-hybridized carbons (Fsp3) is 0.636. The van der Waals surface area contributed by atoms with Crippen molar-refractivity contribution >= 4 is 22.0 Å². The number of halogens is 1. The first-order valence-electron chi connectivity index (χ1n) is 11.2. The Morgan fingerprint density at radius 1 is 1.28 bits per heavy atom. The normalized spacial score (nSPS) is 18.5. The second kappa shape index (κ2) is 10.6. The van der Waals surface area contributed by atoms with E-state index in [2.05, 4.69) is 5.32 Å². The minimum Gasteiger partial charge on any atom is -0.490 e. The van der Waals surface area contributed by atoms with Crippen LogP contribution in [-0.4, -0.2) is 50.2 Å². The number of primary sulfonamides is 1. The third-order valence-electron chi connectivity index (χ3n) is 6.13. The topological polar surface area (TPSA) is 119 Å². The third-order valence-corrected chi connectivity index (χ3v) is 6.99. The molecule has 1 heterocycles. The molecular formula is C22H32FN3O5S. The van der Waals surface area contributed by atoms with Crippen molar-refractivity contribution in [2.75, 3.05) is 18.9 Å². The van der Waals surface area contributed by atoms with Gasteiger partial charge in [0.25, 0.3) is 0 Å². The number of hydrogen-bond acceptors (Lipinski definition) is 5. The Labute approximate surface area is 188 Å². The van der Waals surface area contributed by atoms with Crippen LogP contribution in [0.1, 0.15) is 51.0 Å². The molecular weight excluding hydrogens is 437 g/mol. The second-order valence-corrected chi connectivity index (χ2v) is 10.5. The van der Waals surface area contributed by atoms with Gasteiger partial charge in [0.05, 0.1) is 12.4 Å². The molecule has 8 nitrogen and oxygen atoms in total. The van der Waals surface area contributed by atoms with Crippen LogP contribution < -0.4 is 15.2 Å². The minimum absolute atomic E-state index is 0.00266. The van der Waals surface area contributed by atoms with E-state index in [4.69, 9.17) is 9.88 Å². The minimum atomic E-state index is -3.55. The molecule has 1 aromatic carbocycles. The number of amides is 3. The van der Waals surface area contributed by atoms with E-state index in [-0.39, 0.29) is 35.9 Å². The SMILES string of the molecule is CCC(Cc1ccc(F)c(OCC2CC2)c1)C(CCCCS(N)(=O)=O)N1CC(=O)NC1=O. The molecule has 32 heavy (non-hydrogen) atoms. The van der Waals surface area contributed by atoms with Crippen LogP contribution in [0.3, 0.4) is 0 Å². The molecule has 3 rings (SSSR count). The van der Waals surface area contributed by atoms with Crippen molar-refractivity contribution in [3.05, 3.63) is 29.6 Å². The van der Waals surface area contributed by atoms with Gasteiger partial charge < -0.3 is 9.64 Å². The van der Waals surface area contributed by atoms with Gasteiger partial charge in [0.15, 0.2) is 11.6 Å². The molecule has 1 saturated heterocycles. The van der Waals surface area contributed by atoms with Gasteiger partial charge in [-0.2, -0.15) is 0 Å². The average Bonchev–Trinajstić information content (AvgIpc) is 3.49. The van der Waals surface area contributed by atoms with Crippen molar-refractivity contribution < 1.29 is 27.1 Å². The van der Waals surface area contributed by atoms with Crippen LogP contribution in [0.25, 0.3) is 0 Å². The van der Waals surface area contributed by atoms with Crippen LogP contribution in [0.5, 0.6) is 5.75 Å². The summed E-state index contributed by atoms with van der Waals surface area (Å²) >= 11 is 0. The van der Waals surface area contributed by atoms with Crippen molar-refractivity contribution in [3.63, 3.8) is 0 Å². The number of rotatable bonds is 13. The maximum absolute atomic E-state index is 14.2. The van der Waals surface area contributed by atoms with Gasteiger partial charge >= 0.3 is 6.03 Å². The lowest BCUT2D eigenvalue weighted by Crippen LogP contribution is -2.43. The van der Waals surface area contributed by atoms with Crippen LogP contribution in [0.2, 0.25) is 0 Å². The molecule has 1 aliphatic heterocycles. The Balaban J connectivity index is 1.71. The van der Waals surface area contributed by atoms with Crippen LogP contribution >= 0.6 is 0 Å². The highest BCUT2D eigenvalue weighted by Crippen LogP contribution is 2.31. The third kappa shape index (κ3) is 7.16. The van der Waals surface area contributed by atoms with Gasteiger partial charge in [-0.3, -0.25) is 10.1 Å². The molecule has 10 heteroatoms. The van der Waals surface area contributed by atoms with Crippen molar-refractivity contribution in [1.29, 1.82) is 0 Å². The second-order valence-electron chi connectivity index (χ2n) is 8.80. The van der Waals surface area contributed by atoms with Gasteiger partial charge in [-0.05, 0) is 61.6 Å². The number of carbonyl (C=O) groups is 2. The van der Waals surface area contributed by atoms with Crippen LogP contribution in [0.15, 0.2) is 18.2 Å². The standard InChI is InChI=1S/C22H32FN3O5S/c1-2-17(11-16-8-9-18(23)20(12-16)31-14-15-6-7-15)19(5-3-4-10-32(24,29)30)26-13-21(27)25-22(26)28/h8-9,12,15,17,19H,2-7,10-11,13-14H2,1H3,(H2,24,29,30)(H,25,27,28). The summed E-state index contributed by atoms with van der Waals surface area (Å²) in [4.78, 5) is 25.7. The van der Waals surface area contributed by atoms with Gasteiger partial charge in [-0.25, -0.2) is 22.7 Å². The summed E-state index contributed by atoms with van der Waals surface area (Å²) in [6.07, 6.45) is 5.01. The van der Waals surface area contributed by atoms with Gasteiger partial charge in [0.2, 0.25) is 15.9 Å². The number of benzene rings is 1. The van der Waals surface area contributed by atoms with E-state index in [1.54, 1.807) is 12.1 Å². The fourth-order valence-corrected chi connectivity index (χ4v) is 4.77. The number of sulfonamides is 1. The first-order valence-corrected chi connectivity index (χ1v) is 12.9. The lowest BCUT2D eigenvalue weighted by atomic mass is 9.86. The molecule has 1 aromatic rings. The summed E-state index contributed by atoms with van der Waals surface area (Å²) in [6.45, 7) is 2.50. The summed E-state index contributed by atoms with van der Waals surface area (Å²) in [5.41, 5.74) is 0.893. The lowest BCUT2D eigenvalue weighted by Gasteiger charge is -2.33. The molecule has 1 aliphatic carbocycles. The van der Waals surface area contributed by atoms with Crippen molar-refractivity contribution in [2.24, 2.45) is 17.0 Å². The first kappa shape index (κ1) is 24.4. The van der Waals surface area contributed by atoms with Crippen LogP contribution in [0.4, 0.5) is 9.18 Å². The monoisotopic (exact) mass is 469 g/mol. The molecule has 2 fully saturated rings. The lowest BCUT2D eigenvalue weighted by molar-refractivity contribution is -0.118. The van der Waals surface area contributed by atoms with E-state index in [0.29, 0.717) is 38.2 Å². The van der Waals surface area contributed by atoms with E-state index in [9.17, 15) is 22.4 Å². The molecule has 2 unspecified atom stereocenters. The highest BCUT2D eigenvalue weighted by Gasteiger charge is 2.36. The molecule has 0 bridgehead atoms. The van der Waals surface area contributed by atoms with Crippen molar-refractivity contribution in [3.8, 4) is 5.75 Å².